The number of carbonyl (C=O) groups excluding carboxylic acids is 1. The number of hydrogen-bond acceptors (Lipinski definition) is 3. The van der Waals surface area contributed by atoms with Gasteiger partial charge in [-0.15, -0.1) is 0 Å². The molecule has 1 aromatic carbocycles. The summed E-state index contributed by atoms with van der Waals surface area (Å²) in [5, 5.41) is 0. The highest BCUT2D eigenvalue weighted by Gasteiger charge is 2.19. The third-order valence-corrected chi connectivity index (χ3v) is 4.20. The molecule has 104 valence electrons. The number of amides is 1. The molecule has 0 saturated carbocycles. The quantitative estimate of drug-likeness (QED) is 0.906. The van der Waals surface area contributed by atoms with Crippen molar-refractivity contribution in [3.63, 3.8) is 0 Å². The highest BCUT2D eigenvalue weighted by Crippen LogP contribution is 2.28. The first-order chi connectivity index (χ1) is 8.99. The van der Waals surface area contributed by atoms with E-state index in [1.165, 1.54) is 0 Å². The van der Waals surface area contributed by atoms with Crippen molar-refractivity contribution in [3.05, 3.63) is 28.2 Å². The van der Waals surface area contributed by atoms with Gasteiger partial charge in [0.15, 0.2) is 0 Å². The van der Waals surface area contributed by atoms with Crippen LogP contribution in [0.1, 0.15) is 24.9 Å². The summed E-state index contributed by atoms with van der Waals surface area (Å²) in [5.74, 6) is 0.171. The zero-order chi connectivity index (χ0) is 14.0. The molecular weight excluding hydrogens is 306 g/mol. The number of halogens is 1. The van der Waals surface area contributed by atoms with Gasteiger partial charge in [-0.05, 0) is 31.0 Å². The average Bonchev–Trinajstić information content (AvgIpc) is 2.51. The summed E-state index contributed by atoms with van der Waals surface area (Å²) in [5.41, 5.74) is 8.06. The van der Waals surface area contributed by atoms with Crippen LogP contribution < -0.4 is 10.6 Å². The molecule has 1 saturated heterocycles. The van der Waals surface area contributed by atoms with E-state index in [0.29, 0.717) is 6.54 Å². The van der Waals surface area contributed by atoms with E-state index in [1.807, 2.05) is 26.1 Å². The molecular formula is C14H20BrN3O. The van der Waals surface area contributed by atoms with Gasteiger partial charge in [0.1, 0.15) is 0 Å². The Kier molecular flexibility index (Phi) is 4.47. The van der Waals surface area contributed by atoms with Gasteiger partial charge in [0, 0.05) is 36.3 Å². The topological polar surface area (TPSA) is 49.6 Å². The van der Waals surface area contributed by atoms with Crippen LogP contribution in [0.3, 0.4) is 0 Å². The second kappa shape index (κ2) is 5.92. The van der Waals surface area contributed by atoms with E-state index in [1.54, 1.807) is 4.90 Å². The first-order valence-electron chi connectivity index (χ1n) is 6.53. The van der Waals surface area contributed by atoms with Crippen LogP contribution in [0.25, 0.3) is 0 Å². The van der Waals surface area contributed by atoms with Gasteiger partial charge < -0.3 is 15.5 Å². The third-order valence-electron chi connectivity index (χ3n) is 3.51. The summed E-state index contributed by atoms with van der Waals surface area (Å²) >= 11 is 3.56. The van der Waals surface area contributed by atoms with E-state index < -0.39 is 0 Å². The molecule has 2 rings (SSSR count). The standard InChI is InChI=1S/C14H20BrN3O/c1-10(16)12-5-4-11(8-13(12)15)18-7-3-6-17(2)14(19)9-18/h4-5,8,10H,3,6-7,9,16H2,1-2H3/t10-/m0/s1. The van der Waals surface area contributed by atoms with Gasteiger partial charge in [-0.25, -0.2) is 0 Å². The van der Waals surface area contributed by atoms with Crippen LogP contribution in [0.5, 0.6) is 0 Å². The molecule has 2 N–H and O–H groups in total. The summed E-state index contributed by atoms with van der Waals surface area (Å²) < 4.78 is 1.00. The van der Waals surface area contributed by atoms with Crippen molar-refractivity contribution in [2.45, 2.75) is 19.4 Å². The van der Waals surface area contributed by atoms with Gasteiger partial charge in [-0.3, -0.25) is 4.79 Å². The molecule has 0 aliphatic carbocycles. The fourth-order valence-electron chi connectivity index (χ4n) is 2.29. The van der Waals surface area contributed by atoms with Crippen molar-refractivity contribution in [1.82, 2.24) is 4.90 Å². The number of benzene rings is 1. The maximum Gasteiger partial charge on any atom is 0.241 e. The minimum absolute atomic E-state index is 0.000300. The Balaban J connectivity index is 2.22. The lowest BCUT2D eigenvalue weighted by molar-refractivity contribution is -0.127. The van der Waals surface area contributed by atoms with Gasteiger partial charge in [-0.2, -0.15) is 0 Å². The smallest absolute Gasteiger partial charge is 0.241 e. The van der Waals surface area contributed by atoms with E-state index in [-0.39, 0.29) is 11.9 Å². The third kappa shape index (κ3) is 3.28. The molecule has 1 heterocycles. The maximum atomic E-state index is 11.9. The number of rotatable bonds is 2. The summed E-state index contributed by atoms with van der Waals surface area (Å²) in [6, 6.07) is 6.13. The zero-order valence-electron chi connectivity index (χ0n) is 11.4. The summed E-state index contributed by atoms with van der Waals surface area (Å²) in [6.07, 6.45) is 0.995. The van der Waals surface area contributed by atoms with E-state index in [0.717, 1.165) is 35.2 Å². The zero-order valence-corrected chi connectivity index (χ0v) is 13.0. The minimum atomic E-state index is 0.000300. The van der Waals surface area contributed by atoms with Crippen LogP contribution in [0, 0.1) is 0 Å². The van der Waals surface area contributed by atoms with E-state index in [4.69, 9.17) is 5.73 Å². The molecule has 5 heteroatoms. The summed E-state index contributed by atoms with van der Waals surface area (Å²) in [4.78, 5) is 15.8. The Morgan fingerprint density at radius 3 is 2.74 bits per heavy atom. The van der Waals surface area contributed by atoms with Crippen LogP contribution in [-0.2, 0) is 4.79 Å². The molecule has 1 amide bonds. The molecule has 1 aromatic rings. The average molecular weight is 326 g/mol. The van der Waals surface area contributed by atoms with Crippen molar-refractivity contribution in [2.75, 3.05) is 31.6 Å². The lowest BCUT2D eigenvalue weighted by Crippen LogP contribution is -2.34. The summed E-state index contributed by atoms with van der Waals surface area (Å²) in [7, 11) is 1.86. The Labute approximate surface area is 122 Å². The van der Waals surface area contributed by atoms with Gasteiger partial charge in [0.25, 0.3) is 0 Å². The van der Waals surface area contributed by atoms with Crippen molar-refractivity contribution in [2.24, 2.45) is 5.73 Å². The van der Waals surface area contributed by atoms with Crippen LogP contribution in [0.15, 0.2) is 22.7 Å². The number of anilines is 1. The SMILES string of the molecule is C[C@H](N)c1ccc(N2CCCN(C)C(=O)C2)cc1Br. The van der Waals surface area contributed by atoms with E-state index >= 15 is 0 Å². The summed E-state index contributed by atoms with van der Waals surface area (Å²) in [6.45, 7) is 4.14. The number of hydrogen-bond donors (Lipinski definition) is 1. The Bertz CT molecular complexity index is 476. The molecule has 1 fully saturated rings. The van der Waals surface area contributed by atoms with Crippen LogP contribution in [0.4, 0.5) is 5.69 Å². The first kappa shape index (κ1) is 14.3. The molecule has 0 spiro atoms. The van der Waals surface area contributed by atoms with Crippen LogP contribution >= 0.6 is 15.9 Å². The van der Waals surface area contributed by atoms with Crippen LogP contribution in [0.2, 0.25) is 0 Å². The number of carbonyl (C=O) groups is 1. The van der Waals surface area contributed by atoms with Crippen molar-refractivity contribution in [3.8, 4) is 0 Å². The molecule has 1 aliphatic rings. The Morgan fingerprint density at radius 2 is 2.11 bits per heavy atom. The second-order valence-electron chi connectivity index (χ2n) is 5.08. The van der Waals surface area contributed by atoms with Gasteiger partial charge in [0.05, 0.1) is 6.54 Å². The van der Waals surface area contributed by atoms with Gasteiger partial charge >= 0.3 is 0 Å². The molecule has 4 nitrogen and oxygen atoms in total. The normalized spacial score (nSPS) is 18.4. The van der Waals surface area contributed by atoms with Crippen LogP contribution in [-0.4, -0.2) is 37.5 Å². The molecule has 0 aromatic heterocycles. The fraction of sp³-hybridized carbons (Fsp3) is 0.500. The lowest BCUT2D eigenvalue weighted by Gasteiger charge is -2.23. The Hall–Kier alpha value is -1.07. The molecule has 0 unspecified atom stereocenters. The van der Waals surface area contributed by atoms with E-state index in [9.17, 15) is 4.79 Å². The van der Waals surface area contributed by atoms with Crippen molar-refractivity contribution in [1.29, 1.82) is 0 Å². The minimum Gasteiger partial charge on any atom is -0.362 e. The highest BCUT2D eigenvalue weighted by molar-refractivity contribution is 9.10. The Morgan fingerprint density at radius 1 is 1.37 bits per heavy atom. The van der Waals surface area contributed by atoms with Gasteiger partial charge in [-0.1, -0.05) is 22.0 Å². The fourth-order valence-corrected chi connectivity index (χ4v) is 3.02. The second-order valence-corrected chi connectivity index (χ2v) is 5.94. The predicted molar refractivity (Wildman–Crippen MR) is 81.2 cm³/mol. The first-order valence-corrected chi connectivity index (χ1v) is 7.32. The largest absolute Gasteiger partial charge is 0.362 e. The van der Waals surface area contributed by atoms with Gasteiger partial charge in [0.2, 0.25) is 5.91 Å². The van der Waals surface area contributed by atoms with Crippen molar-refractivity contribution >= 4 is 27.5 Å². The number of nitrogens with two attached hydrogens (primary N) is 1. The number of likely N-dealkylation sites (N-methyl/N-ethyl adjacent to an activating group) is 1. The predicted octanol–water partition coefficient (Wildman–Crippen LogP) is 2.14. The lowest BCUT2D eigenvalue weighted by atomic mass is 10.1. The number of nitrogens with zero attached hydrogens (tertiary/aromatic N) is 2. The monoisotopic (exact) mass is 325 g/mol. The molecule has 1 aliphatic heterocycles. The highest BCUT2D eigenvalue weighted by atomic mass is 79.9. The molecule has 0 radical (unpaired) electrons. The molecule has 1 atom stereocenters. The molecule has 19 heavy (non-hydrogen) atoms. The maximum absolute atomic E-state index is 11.9. The van der Waals surface area contributed by atoms with Crippen molar-refractivity contribution < 1.29 is 4.79 Å². The van der Waals surface area contributed by atoms with E-state index in [2.05, 4.69) is 26.9 Å². The molecule has 0 bridgehead atoms.